The van der Waals surface area contributed by atoms with Gasteiger partial charge in [-0.3, -0.25) is 9.89 Å². The molecule has 1 amide bonds. The van der Waals surface area contributed by atoms with Gasteiger partial charge in [0.05, 0.1) is 25.2 Å². The molecule has 2 heterocycles. The maximum Gasteiger partial charge on any atom is 0.228 e. The van der Waals surface area contributed by atoms with Gasteiger partial charge in [-0.1, -0.05) is 30.3 Å². The quantitative estimate of drug-likeness (QED) is 0.392. The number of fused-ring (bicyclic) bond motifs is 2. The van der Waals surface area contributed by atoms with Crippen molar-refractivity contribution in [3.63, 3.8) is 0 Å². The zero-order chi connectivity index (χ0) is 20.5. The van der Waals surface area contributed by atoms with Gasteiger partial charge >= 0.3 is 0 Å². The Hall–Kier alpha value is -3.64. The minimum absolute atomic E-state index is 0.0756. The van der Waals surface area contributed by atoms with Crippen molar-refractivity contribution in [2.75, 3.05) is 12.4 Å². The van der Waals surface area contributed by atoms with Gasteiger partial charge in [0.15, 0.2) is 0 Å². The molecule has 0 aliphatic rings. The Morgan fingerprint density at radius 2 is 1.97 bits per heavy atom. The van der Waals surface area contributed by atoms with Crippen molar-refractivity contribution in [2.24, 2.45) is 0 Å². The number of benzene rings is 3. The first kappa shape index (κ1) is 18.4. The number of ether oxygens (including phenoxy) is 1. The predicted octanol–water partition coefficient (Wildman–Crippen LogP) is 5.63. The van der Waals surface area contributed by atoms with Crippen LogP contribution < -0.4 is 10.1 Å². The molecule has 5 nitrogen and oxygen atoms in total. The van der Waals surface area contributed by atoms with Crippen LogP contribution in [0.25, 0.3) is 31.4 Å². The van der Waals surface area contributed by atoms with Crippen molar-refractivity contribution in [2.45, 2.75) is 6.42 Å². The van der Waals surface area contributed by atoms with Crippen LogP contribution >= 0.6 is 11.3 Å². The van der Waals surface area contributed by atoms with Crippen molar-refractivity contribution < 1.29 is 9.53 Å². The Labute approximate surface area is 177 Å². The van der Waals surface area contributed by atoms with E-state index in [1.165, 1.54) is 10.1 Å². The molecule has 2 aromatic heterocycles. The molecular weight excluding hydrogens is 394 g/mol. The number of hydrogen-bond donors (Lipinski definition) is 2. The zero-order valence-electron chi connectivity index (χ0n) is 16.3. The second kappa shape index (κ2) is 7.65. The molecule has 0 unspecified atom stereocenters. The number of carbonyl (C=O) groups excluding carboxylic acids is 1. The number of carbonyl (C=O) groups is 1. The number of thiophene rings is 1. The number of methoxy groups -OCH3 is 1. The summed E-state index contributed by atoms with van der Waals surface area (Å²) >= 11 is 1.73. The second-order valence-corrected chi connectivity index (χ2v) is 8.17. The lowest BCUT2D eigenvalue weighted by atomic mass is 10.1. The Balaban J connectivity index is 1.47. The molecule has 0 aliphatic carbocycles. The first-order valence-corrected chi connectivity index (χ1v) is 10.4. The van der Waals surface area contributed by atoms with E-state index in [4.69, 9.17) is 4.74 Å². The van der Waals surface area contributed by atoms with Gasteiger partial charge in [0.25, 0.3) is 0 Å². The summed E-state index contributed by atoms with van der Waals surface area (Å²) in [5.41, 5.74) is 3.65. The highest BCUT2D eigenvalue weighted by atomic mass is 32.1. The topological polar surface area (TPSA) is 67.0 Å². The predicted molar refractivity (Wildman–Crippen MR) is 122 cm³/mol. The second-order valence-electron chi connectivity index (χ2n) is 7.08. The van der Waals surface area contributed by atoms with Crippen molar-refractivity contribution in [1.82, 2.24) is 10.2 Å². The number of anilines is 1. The van der Waals surface area contributed by atoms with Crippen LogP contribution in [0.3, 0.4) is 0 Å². The number of amides is 1. The molecule has 3 aromatic carbocycles. The van der Waals surface area contributed by atoms with Crippen LogP contribution in [0.1, 0.15) is 5.56 Å². The third-order valence-electron chi connectivity index (χ3n) is 5.02. The van der Waals surface area contributed by atoms with Gasteiger partial charge in [0.1, 0.15) is 5.75 Å². The van der Waals surface area contributed by atoms with Gasteiger partial charge in [-0.05, 0) is 47.3 Å². The lowest BCUT2D eigenvalue weighted by molar-refractivity contribution is -0.115. The van der Waals surface area contributed by atoms with Gasteiger partial charge < -0.3 is 10.1 Å². The molecule has 0 spiro atoms. The van der Waals surface area contributed by atoms with Gasteiger partial charge in [0.2, 0.25) is 5.91 Å². The minimum atomic E-state index is -0.0756. The minimum Gasteiger partial charge on any atom is -0.497 e. The number of aromatic amines is 1. The maximum absolute atomic E-state index is 12.7. The molecule has 0 fully saturated rings. The molecule has 0 radical (unpaired) electrons. The lowest BCUT2D eigenvalue weighted by Gasteiger charge is -2.09. The molecule has 5 aromatic rings. The van der Waals surface area contributed by atoms with Crippen molar-refractivity contribution in [3.8, 4) is 16.2 Å². The summed E-state index contributed by atoms with van der Waals surface area (Å²) in [6, 6.07) is 22.0. The van der Waals surface area contributed by atoms with Crippen LogP contribution in [0.15, 0.2) is 72.9 Å². The molecule has 6 heteroatoms. The van der Waals surface area contributed by atoms with Crippen LogP contribution in [0.4, 0.5) is 5.69 Å². The van der Waals surface area contributed by atoms with Crippen LogP contribution in [-0.2, 0) is 11.2 Å². The number of rotatable bonds is 5. The van der Waals surface area contributed by atoms with E-state index < -0.39 is 0 Å². The molecule has 0 bridgehead atoms. The van der Waals surface area contributed by atoms with Gasteiger partial charge in [-0.25, -0.2) is 0 Å². The third-order valence-corrected chi connectivity index (χ3v) is 6.17. The summed E-state index contributed by atoms with van der Waals surface area (Å²) in [6.07, 6.45) is 2.06. The van der Waals surface area contributed by atoms with Crippen molar-refractivity contribution in [1.29, 1.82) is 0 Å². The van der Waals surface area contributed by atoms with Crippen LogP contribution in [-0.4, -0.2) is 23.2 Å². The molecule has 0 atom stereocenters. The van der Waals surface area contributed by atoms with Crippen LogP contribution in [0, 0.1) is 0 Å². The molecule has 2 N–H and O–H groups in total. The van der Waals surface area contributed by atoms with Gasteiger partial charge in [-0.2, -0.15) is 5.10 Å². The average molecular weight is 414 g/mol. The summed E-state index contributed by atoms with van der Waals surface area (Å²) in [5.74, 6) is 0.667. The first-order valence-electron chi connectivity index (χ1n) is 9.58. The number of hydrogen-bond acceptors (Lipinski definition) is 4. The van der Waals surface area contributed by atoms with Crippen LogP contribution in [0.5, 0.6) is 5.75 Å². The number of aromatic nitrogens is 2. The van der Waals surface area contributed by atoms with E-state index in [9.17, 15) is 4.79 Å². The number of nitrogens with zero attached hydrogens (tertiary/aromatic N) is 1. The van der Waals surface area contributed by atoms with E-state index in [1.54, 1.807) is 24.6 Å². The summed E-state index contributed by atoms with van der Waals surface area (Å²) < 4.78 is 6.47. The molecule has 30 heavy (non-hydrogen) atoms. The molecule has 5 rings (SSSR count). The van der Waals surface area contributed by atoms with E-state index in [1.807, 2.05) is 48.5 Å². The average Bonchev–Trinajstić information content (AvgIpc) is 3.40. The summed E-state index contributed by atoms with van der Waals surface area (Å²) in [5, 5.41) is 12.5. The summed E-state index contributed by atoms with van der Waals surface area (Å²) in [7, 11) is 1.62. The van der Waals surface area contributed by atoms with Crippen molar-refractivity contribution >= 4 is 43.9 Å². The molecule has 0 saturated carbocycles. The highest BCUT2D eigenvalue weighted by Gasteiger charge is 2.13. The van der Waals surface area contributed by atoms with E-state index in [0.29, 0.717) is 0 Å². The fourth-order valence-electron chi connectivity index (χ4n) is 3.61. The van der Waals surface area contributed by atoms with Gasteiger partial charge in [-0.15, -0.1) is 11.3 Å². The molecular formula is C24H19N3O2S. The monoisotopic (exact) mass is 413 g/mol. The SMILES string of the molecule is COc1cccc(CC(=O)Nc2cc(-c3cc4ccccc4s3)c3[nH]ncc3c2)c1. The fourth-order valence-corrected chi connectivity index (χ4v) is 4.70. The molecule has 148 valence electrons. The summed E-state index contributed by atoms with van der Waals surface area (Å²) in [4.78, 5) is 13.8. The Bertz CT molecular complexity index is 1340. The first-order chi connectivity index (χ1) is 14.7. The van der Waals surface area contributed by atoms with E-state index in [-0.39, 0.29) is 12.3 Å². The smallest absolute Gasteiger partial charge is 0.228 e. The lowest BCUT2D eigenvalue weighted by Crippen LogP contribution is -2.14. The van der Waals surface area contributed by atoms with E-state index in [0.717, 1.165) is 38.3 Å². The Morgan fingerprint density at radius 3 is 2.83 bits per heavy atom. The van der Waals surface area contributed by atoms with Gasteiger partial charge in [0, 0.05) is 26.2 Å². The van der Waals surface area contributed by atoms with E-state index >= 15 is 0 Å². The van der Waals surface area contributed by atoms with Crippen molar-refractivity contribution in [3.05, 3.63) is 78.5 Å². The highest BCUT2D eigenvalue weighted by molar-refractivity contribution is 7.22. The Morgan fingerprint density at radius 1 is 1.07 bits per heavy atom. The number of nitrogens with one attached hydrogen (secondary N) is 2. The molecule has 0 aliphatic heterocycles. The number of H-pyrrole nitrogens is 1. The molecule has 0 saturated heterocycles. The zero-order valence-corrected chi connectivity index (χ0v) is 17.1. The largest absolute Gasteiger partial charge is 0.497 e. The highest BCUT2D eigenvalue weighted by Crippen LogP contribution is 2.38. The third kappa shape index (κ3) is 3.53. The standard InChI is InChI=1S/C24H19N3O2S/c1-29-19-7-4-5-15(9-19)10-23(28)26-18-11-17-14-25-27-24(17)20(13-18)22-12-16-6-2-3-8-21(16)30-22/h2-9,11-14H,10H2,1H3,(H,25,27)(H,26,28). The van der Waals surface area contributed by atoms with Crippen LogP contribution in [0.2, 0.25) is 0 Å². The fraction of sp³-hybridized carbons (Fsp3) is 0.0833. The summed E-state index contributed by atoms with van der Waals surface area (Å²) in [6.45, 7) is 0. The Kier molecular flexibility index (Phi) is 4.69. The van der Waals surface area contributed by atoms with E-state index in [2.05, 4.69) is 33.7 Å². The maximum atomic E-state index is 12.7. The normalized spacial score (nSPS) is 11.1.